The van der Waals surface area contributed by atoms with Crippen molar-refractivity contribution in [1.82, 2.24) is 9.97 Å². The van der Waals surface area contributed by atoms with Gasteiger partial charge < -0.3 is 10.7 Å². The molecule has 0 bridgehead atoms. The van der Waals surface area contributed by atoms with Gasteiger partial charge in [-0.3, -0.25) is 0 Å². The van der Waals surface area contributed by atoms with Crippen LogP contribution in [0.3, 0.4) is 0 Å². The summed E-state index contributed by atoms with van der Waals surface area (Å²) in [5.41, 5.74) is 5.32. The van der Waals surface area contributed by atoms with Crippen molar-refractivity contribution in [2.45, 2.75) is 12.5 Å². The van der Waals surface area contributed by atoms with E-state index >= 15 is 0 Å². The molecule has 0 saturated carbocycles. The molecule has 1 rings (SSSR count). The lowest BCUT2D eigenvalue weighted by Gasteiger charge is -2.05. The SMILES string of the molecule is NC(c1cnc[nH]1)C(F)F. The number of aromatic amines is 1. The molecule has 0 aromatic carbocycles. The standard InChI is InChI=1S/C5H7F2N3/c6-5(7)4(8)3-1-9-2-10-3/h1-2,4-5H,8H2,(H,9,10). The number of nitrogens with one attached hydrogen (secondary N) is 1. The Kier molecular flexibility index (Phi) is 1.96. The molecule has 1 heterocycles. The quantitative estimate of drug-likeness (QED) is 0.646. The van der Waals surface area contributed by atoms with Gasteiger partial charge in [-0.1, -0.05) is 0 Å². The lowest BCUT2D eigenvalue weighted by atomic mass is 10.2. The minimum Gasteiger partial charge on any atom is -0.347 e. The Morgan fingerprint density at radius 1 is 1.60 bits per heavy atom. The monoisotopic (exact) mass is 147 g/mol. The summed E-state index contributed by atoms with van der Waals surface area (Å²) in [6.07, 6.45) is 0.0643. The molecule has 0 spiro atoms. The zero-order valence-corrected chi connectivity index (χ0v) is 5.09. The number of hydrogen-bond donors (Lipinski definition) is 2. The molecule has 3 N–H and O–H groups in total. The third-order valence-electron chi connectivity index (χ3n) is 1.15. The van der Waals surface area contributed by atoms with E-state index in [1.165, 1.54) is 12.5 Å². The third kappa shape index (κ3) is 1.30. The Bertz CT molecular complexity index is 185. The van der Waals surface area contributed by atoms with Gasteiger partial charge in [-0.05, 0) is 0 Å². The van der Waals surface area contributed by atoms with Crippen LogP contribution in [0.5, 0.6) is 0 Å². The zero-order valence-electron chi connectivity index (χ0n) is 5.09. The molecule has 5 heteroatoms. The molecule has 0 saturated heterocycles. The molecule has 0 fully saturated rings. The maximum atomic E-state index is 11.8. The number of hydrogen-bond acceptors (Lipinski definition) is 2. The van der Waals surface area contributed by atoms with Crippen LogP contribution < -0.4 is 5.73 Å². The maximum absolute atomic E-state index is 11.8. The Morgan fingerprint density at radius 3 is 2.70 bits per heavy atom. The first-order valence-corrected chi connectivity index (χ1v) is 2.74. The summed E-state index contributed by atoms with van der Waals surface area (Å²) < 4.78 is 23.6. The van der Waals surface area contributed by atoms with Crippen LogP contribution in [0.4, 0.5) is 8.78 Å². The van der Waals surface area contributed by atoms with Crippen LogP contribution >= 0.6 is 0 Å². The van der Waals surface area contributed by atoms with E-state index in [1.54, 1.807) is 0 Å². The van der Waals surface area contributed by atoms with E-state index in [4.69, 9.17) is 5.73 Å². The number of aromatic nitrogens is 2. The second kappa shape index (κ2) is 2.74. The average Bonchev–Trinajstić information content (AvgIpc) is 2.36. The molecule has 0 radical (unpaired) electrons. The Labute approximate surface area is 56.3 Å². The largest absolute Gasteiger partial charge is 0.347 e. The molecule has 10 heavy (non-hydrogen) atoms. The first-order valence-electron chi connectivity index (χ1n) is 2.74. The van der Waals surface area contributed by atoms with Crippen LogP contribution in [0.25, 0.3) is 0 Å². The molecular formula is C5H7F2N3. The van der Waals surface area contributed by atoms with Crippen molar-refractivity contribution in [1.29, 1.82) is 0 Å². The summed E-state index contributed by atoms with van der Waals surface area (Å²) in [7, 11) is 0. The normalized spacial score (nSPS) is 14.0. The van der Waals surface area contributed by atoms with E-state index in [0.29, 0.717) is 0 Å². The van der Waals surface area contributed by atoms with Gasteiger partial charge in [-0.15, -0.1) is 0 Å². The summed E-state index contributed by atoms with van der Waals surface area (Å²) in [4.78, 5) is 6.06. The molecule has 3 nitrogen and oxygen atoms in total. The fraction of sp³-hybridized carbons (Fsp3) is 0.400. The van der Waals surface area contributed by atoms with Gasteiger partial charge in [-0.2, -0.15) is 0 Å². The van der Waals surface area contributed by atoms with Gasteiger partial charge in [0.05, 0.1) is 12.0 Å². The maximum Gasteiger partial charge on any atom is 0.259 e. The summed E-state index contributed by atoms with van der Waals surface area (Å²) >= 11 is 0. The number of nitrogens with zero attached hydrogens (tertiary/aromatic N) is 1. The average molecular weight is 147 g/mol. The molecule has 0 amide bonds. The van der Waals surface area contributed by atoms with Gasteiger partial charge in [0.1, 0.15) is 6.04 Å². The highest BCUT2D eigenvalue weighted by molar-refractivity contribution is 5.01. The highest BCUT2D eigenvalue weighted by atomic mass is 19.3. The van der Waals surface area contributed by atoms with E-state index in [1.807, 2.05) is 0 Å². The molecule has 0 aliphatic carbocycles. The first-order chi connectivity index (χ1) is 4.72. The lowest BCUT2D eigenvalue weighted by molar-refractivity contribution is 0.115. The Balaban J connectivity index is 2.68. The second-order valence-corrected chi connectivity index (χ2v) is 1.87. The van der Waals surface area contributed by atoms with Crippen LogP contribution in [0, 0.1) is 0 Å². The lowest BCUT2D eigenvalue weighted by Crippen LogP contribution is -2.19. The Morgan fingerprint density at radius 2 is 2.30 bits per heavy atom. The van der Waals surface area contributed by atoms with Crippen molar-refractivity contribution in [2.24, 2.45) is 5.73 Å². The predicted octanol–water partition coefficient (Wildman–Crippen LogP) is 0.675. The van der Waals surface area contributed by atoms with Gasteiger partial charge in [0.15, 0.2) is 0 Å². The van der Waals surface area contributed by atoms with Crippen molar-refractivity contribution >= 4 is 0 Å². The van der Waals surface area contributed by atoms with Crippen molar-refractivity contribution in [3.8, 4) is 0 Å². The third-order valence-corrected chi connectivity index (χ3v) is 1.15. The van der Waals surface area contributed by atoms with E-state index in [0.717, 1.165) is 0 Å². The Hall–Kier alpha value is -0.970. The molecule has 56 valence electrons. The highest BCUT2D eigenvalue weighted by Gasteiger charge is 2.17. The molecule has 0 aliphatic rings. The fourth-order valence-corrected chi connectivity index (χ4v) is 0.585. The van der Waals surface area contributed by atoms with Crippen LogP contribution in [-0.4, -0.2) is 16.4 Å². The predicted molar refractivity (Wildman–Crippen MR) is 31.5 cm³/mol. The minimum absolute atomic E-state index is 0.259. The van der Waals surface area contributed by atoms with Crippen LogP contribution in [0.15, 0.2) is 12.5 Å². The van der Waals surface area contributed by atoms with Crippen molar-refractivity contribution in [2.75, 3.05) is 0 Å². The van der Waals surface area contributed by atoms with E-state index in [9.17, 15) is 8.78 Å². The van der Waals surface area contributed by atoms with Gasteiger partial charge in [0, 0.05) is 6.20 Å². The van der Waals surface area contributed by atoms with E-state index in [2.05, 4.69) is 9.97 Å². The highest BCUT2D eigenvalue weighted by Crippen LogP contribution is 2.13. The molecule has 1 unspecified atom stereocenters. The van der Waals surface area contributed by atoms with E-state index in [-0.39, 0.29) is 5.69 Å². The van der Waals surface area contributed by atoms with Crippen molar-refractivity contribution in [3.05, 3.63) is 18.2 Å². The molecule has 1 aromatic heterocycles. The molecule has 1 atom stereocenters. The number of alkyl halides is 2. The molecule has 1 aromatic rings. The summed E-state index contributed by atoms with van der Waals surface area (Å²) in [6, 6.07) is -1.25. The number of halogens is 2. The second-order valence-electron chi connectivity index (χ2n) is 1.87. The number of rotatable bonds is 2. The summed E-state index contributed by atoms with van der Waals surface area (Å²) in [6.45, 7) is 0. The van der Waals surface area contributed by atoms with Crippen molar-refractivity contribution in [3.63, 3.8) is 0 Å². The fourth-order valence-electron chi connectivity index (χ4n) is 0.585. The summed E-state index contributed by atoms with van der Waals surface area (Å²) in [5.74, 6) is 0. The first kappa shape index (κ1) is 7.14. The van der Waals surface area contributed by atoms with Crippen LogP contribution in [-0.2, 0) is 0 Å². The summed E-state index contributed by atoms with van der Waals surface area (Å²) in [5, 5.41) is 0. The van der Waals surface area contributed by atoms with E-state index < -0.39 is 12.5 Å². The number of H-pyrrole nitrogens is 1. The zero-order chi connectivity index (χ0) is 7.56. The minimum atomic E-state index is -2.54. The van der Waals surface area contributed by atoms with Crippen LogP contribution in [0.1, 0.15) is 11.7 Å². The van der Waals surface area contributed by atoms with Gasteiger partial charge >= 0.3 is 0 Å². The van der Waals surface area contributed by atoms with Gasteiger partial charge in [0.25, 0.3) is 6.43 Å². The number of imidazole rings is 1. The topological polar surface area (TPSA) is 54.7 Å². The smallest absolute Gasteiger partial charge is 0.259 e. The molecule has 0 aliphatic heterocycles. The van der Waals surface area contributed by atoms with Crippen molar-refractivity contribution < 1.29 is 8.78 Å². The van der Waals surface area contributed by atoms with Crippen LogP contribution in [0.2, 0.25) is 0 Å². The number of nitrogens with two attached hydrogens (primary N) is 1. The van der Waals surface area contributed by atoms with Gasteiger partial charge in [0.2, 0.25) is 0 Å². The van der Waals surface area contributed by atoms with Gasteiger partial charge in [-0.25, -0.2) is 13.8 Å². The molecular weight excluding hydrogens is 140 g/mol.